The van der Waals surface area contributed by atoms with Crippen molar-refractivity contribution in [1.29, 1.82) is 0 Å². The Morgan fingerprint density at radius 1 is 1.31 bits per heavy atom. The summed E-state index contributed by atoms with van der Waals surface area (Å²) in [6.07, 6.45) is 0.664. The van der Waals surface area contributed by atoms with Gasteiger partial charge in [-0.15, -0.1) is 11.3 Å². The lowest BCUT2D eigenvalue weighted by molar-refractivity contribution is -0.118. The summed E-state index contributed by atoms with van der Waals surface area (Å²) in [5.74, 6) is -0.449. The van der Waals surface area contributed by atoms with Gasteiger partial charge in [-0.3, -0.25) is 4.79 Å². The summed E-state index contributed by atoms with van der Waals surface area (Å²) in [6, 6.07) is 7.02. The molecule has 0 spiro atoms. The second kappa shape index (κ2) is 7.76. The fourth-order valence-electron chi connectivity index (χ4n) is 2.89. The van der Waals surface area contributed by atoms with Crippen LogP contribution in [0.1, 0.15) is 20.8 Å². The van der Waals surface area contributed by atoms with Gasteiger partial charge in [-0.25, -0.2) is 4.79 Å². The maximum absolute atomic E-state index is 12.3. The standard InChI is InChI=1S/C18H20N2O5S/c1-20-8-7-11-14(9-20)26-17(16(11)18(22)23)19-15(21)10-25-13-6-4-3-5-12(13)24-2/h3-6H,7-10H2,1-2H3,(H,19,21)(H,22,23). The lowest BCUT2D eigenvalue weighted by atomic mass is 10.0. The van der Waals surface area contributed by atoms with Crippen molar-refractivity contribution < 1.29 is 24.2 Å². The topological polar surface area (TPSA) is 88.1 Å². The molecule has 0 bridgehead atoms. The molecule has 2 N–H and O–H groups in total. The lowest BCUT2D eigenvalue weighted by Gasteiger charge is -2.22. The predicted octanol–water partition coefficient (Wildman–Crippen LogP) is 2.46. The van der Waals surface area contributed by atoms with Crippen molar-refractivity contribution >= 4 is 28.2 Å². The number of rotatable bonds is 6. The molecule has 1 aliphatic heterocycles. The summed E-state index contributed by atoms with van der Waals surface area (Å²) in [6.45, 7) is 1.25. The maximum Gasteiger partial charge on any atom is 0.339 e. The number of benzene rings is 1. The van der Waals surface area contributed by atoms with Gasteiger partial charge in [0.2, 0.25) is 0 Å². The van der Waals surface area contributed by atoms with E-state index in [1.807, 2.05) is 7.05 Å². The number of carboxylic acids is 1. The lowest BCUT2D eigenvalue weighted by Crippen LogP contribution is -2.26. The average Bonchev–Trinajstić information content (AvgIpc) is 2.97. The number of likely N-dealkylation sites (N-methyl/N-ethyl adjacent to an activating group) is 1. The molecule has 7 nitrogen and oxygen atoms in total. The summed E-state index contributed by atoms with van der Waals surface area (Å²) < 4.78 is 10.7. The van der Waals surface area contributed by atoms with E-state index >= 15 is 0 Å². The minimum Gasteiger partial charge on any atom is -0.493 e. The Labute approximate surface area is 155 Å². The van der Waals surface area contributed by atoms with Gasteiger partial charge in [0.1, 0.15) is 5.00 Å². The SMILES string of the molecule is COc1ccccc1OCC(=O)Nc1sc2c(c1C(=O)O)CCN(C)C2. The summed E-state index contributed by atoms with van der Waals surface area (Å²) in [4.78, 5) is 27.0. The quantitative estimate of drug-likeness (QED) is 0.805. The number of ether oxygens (including phenoxy) is 2. The summed E-state index contributed by atoms with van der Waals surface area (Å²) in [5, 5.41) is 12.6. The van der Waals surface area contributed by atoms with Gasteiger partial charge in [0.05, 0.1) is 12.7 Å². The van der Waals surface area contributed by atoms with Crippen LogP contribution in [-0.2, 0) is 17.8 Å². The van der Waals surface area contributed by atoms with Crippen LogP contribution in [0, 0.1) is 0 Å². The zero-order chi connectivity index (χ0) is 18.7. The molecule has 1 aromatic carbocycles. The van der Waals surface area contributed by atoms with E-state index in [4.69, 9.17) is 9.47 Å². The molecule has 26 heavy (non-hydrogen) atoms. The number of thiophene rings is 1. The first kappa shape index (κ1) is 18.2. The number of anilines is 1. The first-order chi connectivity index (χ1) is 12.5. The smallest absolute Gasteiger partial charge is 0.339 e. The Kier molecular flexibility index (Phi) is 5.43. The van der Waals surface area contributed by atoms with Crippen molar-refractivity contribution in [2.24, 2.45) is 0 Å². The van der Waals surface area contributed by atoms with Gasteiger partial charge in [0.25, 0.3) is 5.91 Å². The Balaban J connectivity index is 1.72. The minimum atomic E-state index is -1.02. The van der Waals surface area contributed by atoms with E-state index in [2.05, 4.69) is 10.2 Å². The highest BCUT2D eigenvalue weighted by Crippen LogP contribution is 2.37. The molecule has 0 saturated carbocycles. The Morgan fingerprint density at radius 3 is 2.73 bits per heavy atom. The number of methoxy groups -OCH3 is 1. The van der Waals surface area contributed by atoms with E-state index in [1.165, 1.54) is 18.4 Å². The highest BCUT2D eigenvalue weighted by Gasteiger charge is 2.27. The molecule has 2 aromatic rings. The third-order valence-electron chi connectivity index (χ3n) is 4.14. The average molecular weight is 376 g/mol. The van der Waals surface area contributed by atoms with E-state index in [1.54, 1.807) is 24.3 Å². The number of carbonyl (C=O) groups is 2. The molecule has 3 rings (SSSR count). The number of para-hydroxylation sites is 2. The van der Waals surface area contributed by atoms with E-state index < -0.39 is 11.9 Å². The van der Waals surface area contributed by atoms with Gasteiger partial charge in [0, 0.05) is 18.0 Å². The van der Waals surface area contributed by atoms with Crippen LogP contribution in [0.2, 0.25) is 0 Å². The Hall–Kier alpha value is -2.58. The minimum absolute atomic E-state index is 0.198. The summed E-state index contributed by atoms with van der Waals surface area (Å²) >= 11 is 1.32. The Morgan fingerprint density at radius 2 is 2.04 bits per heavy atom. The number of nitrogens with zero attached hydrogens (tertiary/aromatic N) is 1. The maximum atomic E-state index is 12.3. The van der Waals surface area contributed by atoms with Crippen molar-refractivity contribution in [3.05, 3.63) is 40.3 Å². The van der Waals surface area contributed by atoms with Crippen LogP contribution in [0.15, 0.2) is 24.3 Å². The monoisotopic (exact) mass is 376 g/mol. The molecule has 0 radical (unpaired) electrons. The molecular weight excluding hydrogens is 356 g/mol. The largest absolute Gasteiger partial charge is 0.493 e. The van der Waals surface area contributed by atoms with E-state index in [9.17, 15) is 14.7 Å². The van der Waals surface area contributed by atoms with Gasteiger partial charge < -0.3 is 24.8 Å². The molecule has 2 heterocycles. The molecule has 1 amide bonds. The molecule has 1 aromatic heterocycles. The second-order valence-electron chi connectivity index (χ2n) is 5.99. The highest BCUT2D eigenvalue weighted by atomic mass is 32.1. The molecule has 0 fully saturated rings. The van der Waals surface area contributed by atoms with Gasteiger partial charge in [-0.1, -0.05) is 12.1 Å². The van der Waals surface area contributed by atoms with Gasteiger partial charge in [-0.2, -0.15) is 0 Å². The van der Waals surface area contributed by atoms with Crippen LogP contribution in [-0.4, -0.2) is 49.2 Å². The number of aromatic carboxylic acids is 1. The second-order valence-corrected chi connectivity index (χ2v) is 7.09. The van der Waals surface area contributed by atoms with Crippen molar-refractivity contribution in [2.75, 3.05) is 32.6 Å². The van der Waals surface area contributed by atoms with Crippen LogP contribution < -0.4 is 14.8 Å². The van der Waals surface area contributed by atoms with E-state index in [0.717, 1.165) is 17.0 Å². The highest BCUT2D eigenvalue weighted by molar-refractivity contribution is 7.17. The van der Waals surface area contributed by atoms with Crippen molar-refractivity contribution in [3.63, 3.8) is 0 Å². The first-order valence-corrected chi connectivity index (χ1v) is 8.93. The van der Waals surface area contributed by atoms with Crippen LogP contribution in [0.5, 0.6) is 11.5 Å². The zero-order valence-electron chi connectivity index (χ0n) is 14.6. The number of nitrogens with one attached hydrogen (secondary N) is 1. The molecule has 0 saturated heterocycles. The fourth-order valence-corrected chi connectivity index (χ4v) is 4.23. The molecular formula is C18H20N2O5S. The van der Waals surface area contributed by atoms with Crippen molar-refractivity contribution in [2.45, 2.75) is 13.0 Å². The summed E-state index contributed by atoms with van der Waals surface area (Å²) in [7, 11) is 3.51. The van der Waals surface area contributed by atoms with Gasteiger partial charge in [-0.05, 0) is 31.2 Å². The van der Waals surface area contributed by atoms with Crippen LogP contribution >= 0.6 is 11.3 Å². The number of amides is 1. The fraction of sp³-hybridized carbons (Fsp3) is 0.333. The number of carboxylic acid groups (broad SMARTS) is 1. The van der Waals surface area contributed by atoms with Gasteiger partial charge >= 0.3 is 5.97 Å². The van der Waals surface area contributed by atoms with Crippen LogP contribution in [0.4, 0.5) is 5.00 Å². The number of fused-ring (bicyclic) bond motifs is 1. The zero-order valence-corrected chi connectivity index (χ0v) is 15.4. The number of carbonyl (C=O) groups excluding carboxylic acids is 1. The van der Waals surface area contributed by atoms with Gasteiger partial charge in [0.15, 0.2) is 18.1 Å². The van der Waals surface area contributed by atoms with E-state index in [0.29, 0.717) is 29.5 Å². The summed E-state index contributed by atoms with van der Waals surface area (Å²) in [5.41, 5.74) is 1.02. The number of hydrogen-bond acceptors (Lipinski definition) is 6. The molecule has 0 unspecified atom stereocenters. The van der Waals surface area contributed by atoms with Crippen LogP contribution in [0.25, 0.3) is 0 Å². The number of hydrogen-bond donors (Lipinski definition) is 2. The van der Waals surface area contributed by atoms with Crippen molar-refractivity contribution in [1.82, 2.24) is 4.90 Å². The van der Waals surface area contributed by atoms with Crippen molar-refractivity contribution in [3.8, 4) is 11.5 Å². The third-order valence-corrected chi connectivity index (χ3v) is 5.27. The molecule has 0 atom stereocenters. The van der Waals surface area contributed by atoms with Crippen LogP contribution in [0.3, 0.4) is 0 Å². The predicted molar refractivity (Wildman–Crippen MR) is 98.4 cm³/mol. The van der Waals surface area contributed by atoms with E-state index in [-0.39, 0.29) is 12.2 Å². The molecule has 0 aliphatic carbocycles. The first-order valence-electron chi connectivity index (χ1n) is 8.11. The molecule has 1 aliphatic rings. The molecule has 8 heteroatoms. The normalized spacial score (nSPS) is 13.8. The molecule has 138 valence electrons. The third kappa shape index (κ3) is 3.81. The Bertz CT molecular complexity index is 833.